The van der Waals surface area contributed by atoms with Crippen LogP contribution in [0.25, 0.3) is 0 Å². The summed E-state index contributed by atoms with van der Waals surface area (Å²) in [6.45, 7) is 6.16. The van der Waals surface area contributed by atoms with Gasteiger partial charge in [-0.05, 0) is 38.0 Å². The van der Waals surface area contributed by atoms with E-state index in [4.69, 9.17) is 9.47 Å². The number of ketones is 1. The van der Waals surface area contributed by atoms with Crippen LogP contribution >= 0.6 is 0 Å². The number of unbranched alkanes of at least 4 members (excludes halogenated alkanes) is 16. The Morgan fingerprint density at radius 1 is 0.784 bits per heavy atom. The zero-order valence-electron chi connectivity index (χ0n) is 32.7. The summed E-state index contributed by atoms with van der Waals surface area (Å²) in [7, 11) is 0. The highest BCUT2D eigenvalue weighted by Gasteiger charge is 2.39. The minimum atomic E-state index is -0.857. The van der Waals surface area contributed by atoms with Gasteiger partial charge in [0.25, 0.3) is 0 Å². The van der Waals surface area contributed by atoms with E-state index in [0.717, 1.165) is 44.4 Å². The minimum absolute atomic E-state index is 0.0323. The molecule has 1 aliphatic carbocycles. The molecular formula is C43H76O8. The van der Waals surface area contributed by atoms with Crippen LogP contribution in [-0.2, 0) is 23.9 Å². The summed E-state index contributed by atoms with van der Waals surface area (Å²) in [5, 5.41) is 30.2. The smallest absolute Gasteiger partial charge is 0.306 e. The van der Waals surface area contributed by atoms with Crippen molar-refractivity contribution in [3.05, 3.63) is 24.3 Å². The molecular weight excluding hydrogens is 644 g/mol. The van der Waals surface area contributed by atoms with Crippen LogP contribution < -0.4 is 0 Å². The fourth-order valence-corrected chi connectivity index (χ4v) is 6.78. The summed E-state index contributed by atoms with van der Waals surface area (Å²) in [6.07, 6.45) is 30.3. The van der Waals surface area contributed by atoms with Gasteiger partial charge in [-0.15, -0.1) is 0 Å². The quantitative estimate of drug-likeness (QED) is 0.0347. The van der Waals surface area contributed by atoms with Gasteiger partial charge in [-0.1, -0.05) is 154 Å². The second kappa shape index (κ2) is 31.5. The van der Waals surface area contributed by atoms with Gasteiger partial charge in [0.2, 0.25) is 0 Å². The van der Waals surface area contributed by atoms with Gasteiger partial charge in [0.15, 0.2) is 6.10 Å². The number of carbonyl (C=O) groups is 3. The molecule has 1 fully saturated rings. The molecule has 8 heteroatoms. The molecule has 1 rings (SSSR count). The lowest BCUT2D eigenvalue weighted by Crippen LogP contribution is -2.28. The Labute approximate surface area is 311 Å². The van der Waals surface area contributed by atoms with Crippen LogP contribution in [0, 0.1) is 17.8 Å². The first-order chi connectivity index (χ1) is 24.7. The Hall–Kier alpha value is -2.03. The Kier molecular flexibility index (Phi) is 29.0. The van der Waals surface area contributed by atoms with Gasteiger partial charge in [0, 0.05) is 31.1 Å². The third kappa shape index (κ3) is 25.6. The van der Waals surface area contributed by atoms with Crippen LogP contribution in [0.5, 0.6) is 0 Å². The molecule has 8 nitrogen and oxygen atoms in total. The lowest BCUT2D eigenvalue weighted by molar-refractivity contribution is -0.161. The molecule has 3 N–H and O–H groups in total. The van der Waals surface area contributed by atoms with Crippen LogP contribution in [0.2, 0.25) is 0 Å². The molecule has 0 unspecified atom stereocenters. The maximum absolute atomic E-state index is 12.5. The average molecular weight is 721 g/mol. The van der Waals surface area contributed by atoms with Crippen molar-refractivity contribution in [3.8, 4) is 0 Å². The molecule has 1 saturated carbocycles. The van der Waals surface area contributed by atoms with E-state index in [2.05, 4.69) is 20.8 Å². The summed E-state index contributed by atoms with van der Waals surface area (Å²) in [4.78, 5) is 36.9. The summed E-state index contributed by atoms with van der Waals surface area (Å²) in [5.74, 6) is -0.533. The Morgan fingerprint density at radius 3 is 1.94 bits per heavy atom. The lowest BCUT2D eigenvalue weighted by atomic mass is 9.90. The summed E-state index contributed by atoms with van der Waals surface area (Å²) >= 11 is 0. The van der Waals surface area contributed by atoms with Gasteiger partial charge in [-0.2, -0.15) is 0 Å². The second-order valence-electron chi connectivity index (χ2n) is 15.3. The number of esters is 2. The molecule has 0 amide bonds. The Bertz CT molecular complexity index is 944. The first-order valence-corrected chi connectivity index (χ1v) is 20.9. The van der Waals surface area contributed by atoms with Gasteiger partial charge in [-0.3, -0.25) is 14.4 Å². The van der Waals surface area contributed by atoms with E-state index in [-0.39, 0.29) is 43.0 Å². The van der Waals surface area contributed by atoms with Crippen molar-refractivity contribution in [2.45, 2.75) is 200 Å². The Morgan fingerprint density at radius 2 is 1.35 bits per heavy atom. The number of hydrogen-bond acceptors (Lipinski definition) is 8. The number of Topliss-reactive ketones (excluding diaryl/α,β-unsaturated/α-hetero) is 1. The highest BCUT2D eigenvalue weighted by molar-refractivity contribution is 5.84. The van der Waals surface area contributed by atoms with Crippen molar-refractivity contribution in [2.75, 3.05) is 13.2 Å². The number of aliphatic hydroxyl groups is 3. The van der Waals surface area contributed by atoms with E-state index >= 15 is 0 Å². The second-order valence-corrected chi connectivity index (χ2v) is 15.3. The van der Waals surface area contributed by atoms with Crippen molar-refractivity contribution in [2.24, 2.45) is 17.8 Å². The molecule has 0 heterocycles. The van der Waals surface area contributed by atoms with Crippen LogP contribution in [0.1, 0.15) is 181 Å². The SMILES string of the molecule is CCCCC[C@H](O)/C=C/[C@H]1[C@H](O)CC(=O)[C@@H]1C/C=C\CCCC(=O)OC[C@H](CO)OC(=O)CCCCCCCCCCCCCCCCC(C)C. The van der Waals surface area contributed by atoms with Gasteiger partial charge < -0.3 is 24.8 Å². The maximum Gasteiger partial charge on any atom is 0.306 e. The van der Waals surface area contributed by atoms with E-state index in [0.29, 0.717) is 32.1 Å². The van der Waals surface area contributed by atoms with E-state index in [1.165, 1.54) is 77.0 Å². The van der Waals surface area contributed by atoms with Gasteiger partial charge in [0.1, 0.15) is 12.4 Å². The van der Waals surface area contributed by atoms with E-state index in [1.807, 2.05) is 12.2 Å². The van der Waals surface area contributed by atoms with Crippen molar-refractivity contribution >= 4 is 17.7 Å². The van der Waals surface area contributed by atoms with Crippen LogP contribution in [-0.4, -0.2) is 64.6 Å². The third-order valence-corrected chi connectivity index (χ3v) is 10.0. The number of ether oxygens (including phenoxy) is 2. The molecule has 0 aromatic rings. The third-order valence-electron chi connectivity index (χ3n) is 10.0. The highest BCUT2D eigenvalue weighted by atomic mass is 16.6. The molecule has 1 aliphatic rings. The molecule has 0 aliphatic heterocycles. The molecule has 0 spiro atoms. The van der Waals surface area contributed by atoms with Crippen molar-refractivity contribution in [1.82, 2.24) is 0 Å². The number of hydrogen-bond donors (Lipinski definition) is 3. The topological polar surface area (TPSA) is 130 Å². The fraction of sp³-hybridized carbons (Fsp3) is 0.837. The highest BCUT2D eigenvalue weighted by Crippen LogP contribution is 2.33. The van der Waals surface area contributed by atoms with Crippen LogP contribution in [0.4, 0.5) is 0 Å². The molecule has 0 saturated heterocycles. The molecule has 51 heavy (non-hydrogen) atoms. The molecule has 296 valence electrons. The molecule has 5 atom stereocenters. The number of rotatable bonds is 33. The van der Waals surface area contributed by atoms with Gasteiger partial charge in [-0.25, -0.2) is 0 Å². The molecule has 0 aromatic heterocycles. The monoisotopic (exact) mass is 721 g/mol. The summed E-state index contributed by atoms with van der Waals surface area (Å²) in [6, 6.07) is 0. The standard InChI is InChI=1S/C43H76O8/c1-4-5-20-26-36(45)30-31-39-38(40(46)32-41(39)47)27-22-18-19-23-28-42(48)50-34-37(33-44)51-43(49)29-24-17-15-13-11-9-7-6-8-10-12-14-16-21-25-35(2)3/h18,22,30-31,35-39,41,44-45,47H,4-17,19-21,23-29,32-34H2,1-3H3/b22-18-,31-30+/t36-,37-,38+,39+,41+/m0/s1. The normalized spacial score (nSPS) is 19.0. The van der Waals surface area contributed by atoms with Gasteiger partial charge in [0.05, 0.1) is 18.8 Å². The van der Waals surface area contributed by atoms with E-state index < -0.39 is 30.9 Å². The maximum atomic E-state index is 12.5. The lowest BCUT2D eigenvalue weighted by Gasteiger charge is -2.16. The number of aliphatic hydroxyl groups excluding tert-OH is 3. The average Bonchev–Trinajstić information content (AvgIpc) is 3.37. The zero-order chi connectivity index (χ0) is 37.5. The predicted molar refractivity (Wildman–Crippen MR) is 206 cm³/mol. The minimum Gasteiger partial charge on any atom is -0.462 e. The summed E-state index contributed by atoms with van der Waals surface area (Å²) < 4.78 is 10.6. The Balaban J connectivity index is 2.08. The zero-order valence-corrected chi connectivity index (χ0v) is 32.7. The predicted octanol–water partition coefficient (Wildman–Crippen LogP) is 9.51. The first kappa shape index (κ1) is 47.0. The molecule has 0 radical (unpaired) electrons. The van der Waals surface area contributed by atoms with Crippen molar-refractivity contribution in [1.29, 1.82) is 0 Å². The van der Waals surface area contributed by atoms with E-state index in [9.17, 15) is 29.7 Å². The first-order valence-electron chi connectivity index (χ1n) is 20.9. The molecule has 0 aromatic carbocycles. The summed E-state index contributed by atoms with van der Waals surface area (Å²) in [5.41, 5.74) is 0. The number of allylic oxidation sites excluding steroid dienone is 2. The molecule has 0 bridgehead atoms. The van der Waals surface area contributed by atoms with Crippen LogP contribution in [0.3, 0.4) is 0 Å². The largest absolute Gasteiger partial charge is 0.462 e. The fourth-order valence-electron chi connectivity index (χ4n) is 6.78. The van der Waals surface area contributed by atoms with Crippen LogP contribution in [0.15, 0.2) is 24.3 Å². The van der Waals surface area contributed by atoms with Crippen molar-refractivity contribution in [3.63, 3.8) is 0 Å². The number of carbonyl (C=O) groups excluding carboxylic acids is 3. The van der Waals surface area contributed by atoms with E-state index in [1.54, 1.807) is 12.2 Å². The van der Waals surface area contributed by atoms with Crippen molar-refractivity contribution < 1.29 is 39.2 Å². The van der Waals surface area contributed by atoms with Gasteiger partial charge >= 0.3 is 11.9 Å².